The van der Waals surface area contributed by atoms with E-state index in [4.69, 9.17) is 9.47 Å². The van der Waals surface area contributed by atoms with Gasteiger partial charge in [0.05, 0.1) is 25.5 Å². The smallest absolute Gasteiger partial charge is 0.145 e. The van der Waals surface area contributed by atoms with Gasteiger partial charge in [-0.1, -0.05) is 0 Å². The Hall–Kier alpha value is -1.42. The van der Waals surface area contributed by atoms with Gasteiger partial charge in [0, 0.05) is 12.6 Å². The fraction of sp³-hybridized carbons (Fsp3) is 0.500. The van der Waals surface area contributed by atoms with Crippen LogP contribution in [0.2, 0.25) is 0 Å². The largest absolute Gasteiger partial charge is 0.497 e. The first-order valence-electron chi connectivity index (χ1n) is 5.14. The molecular formula is C12H19NO3. The van der Waals surface area contributed by atoms with Crippen molar-refractivity contribution in [1.29, 1.82) is 0 Å². The molecule has 4 nitrogen and oxygen atoms in total. The molecule has 0 radical (unpaired) electrons. The van der Waals surface area contributed by atoms with Gasteiger partial charge in [-0.05, 0) is 26.0 Å². The maximum absolute atomic E-state index is 9.62. The summed E-state index contributed by atoms with van der Waals surface area (Å²) >= 11 is 0. The molecule has 0 aliphatic heterocycles. The Morgan fingerprint density at radius 1 is 1.25 bits per heavy atom. The second-order valence-electron chi connectivity index (χ2n) is 4.23. The van der Waals surface area contributed by atoms with Crippen LogP contribution in [0.15, 0.2) is 18.2 Å². The molecular weight excluding hydrogens is 206 g/mol. The van der Waals surface area contributed by atoms with E-state index < -0.39 is 5.60 Å². The van der Waals surface area contributed by atoms with Gasteiger partial charge in [0.2, 0.25) is 0 Å². The molecule has 0 atom stereocenters. The molecule has 0 heterocycles. The molecule has 0 aliphatic carbocycles. The van der Waals surface area contributed by atoms with Crippen molar-refractivity contribution in [2.75, 3.05) is 26.1 Å². The van der Waals surface area contributed by atoms with E-state index in [1.807, 2.05) is 12.1 Å². The van der Waals surface area contributed by atoms with Crippen molar-refractivity contribution < 1.29 is 14.6 Å². The molecule has 0 amide bonds. The van der Waals surface area contributed by atoms with Gasteiger partial charge in [0.1, 0.15) is 11.5 Å². The summed E-state index contributed by atoms with van der Waals surface area (Å²) < 4.78 is 10.3. The third-order valence-corrected chi connectivity index (χ3v) is 2.12. The highest BCUT2D eigenvalue weighted by molar-refractivity contribution is 5.59. The molecule has 0 bridgehead atoms. The van der Waals surface area contributed by atoms with E-state index in [1.54, 1.807) is 34.1 Å². The van der Waals surface area contributed by atoms with Gasteiger partial charge in [-0.3, -0.25) is 0 Å². The van der Waals surface area contributed by atoms with Crippen molar-refractivity contribution in [3.8, 4) is 11.5 Å². The maximum atomic E-state index is 9.62. The van der Waals surface area contributed by atoms with Gasteiger partial charge in [0.15, 0.2) is 0 Å². The zero-order valence-electron chi connectivity index (χ0n) is 10.2. The molecule has 0 aromatic heterocycles. The van der Waals surface area contributed by atoms with Gasteiger partial charge < -0.3 is 19.9 Å². The number of ether oxygens (including phenoxy) is 2. The second kappa shape index (κ2) is 5.07. The SMILES string of the molecule is COc1ccc(NCC(C)(C)O)c(OC)c1. The Kier molecular flexibility index (Phi) is 4.01. The van der Waals surface area contributed by atoms with Crippen LogP contribution in [0.5, 0.6) is 11.5 Å². The van der Waals surface area contributed by atoms with Crippen LogP contribution in [0.4, 0.5) is 5.69 Å². The van der Waals surface area contributed by atoms with E-state index in [2.05, 4.69) is 5.32 Å². The first kappa shape index (κ1) is 12.6. The minimum atomic E-state index is -0.759. The number of aliphatic hydroxyl groups is 1. The number of benzene rings is 1. The van der Waals surface area contributed by atoms with Crippen LogP contribution < -0.4 is 14.8 Å². The van der Waals surface area contributed by atoms with Crippen molar-refractivity contribution in [3.63, 3.8) is 0 Å². The lowest BCUT2D eigenvalue weighted by Gasteiger charge is -2.20. The predicted octanol–water partition coefficient (Wildman–Crippen LogP) is 1.89. The third kappa shape index (κ3) is 3.62. The van der Waals surface area contributed by atoms with Crippen LogP contribution >= 0.6 is 0 Å². The molecule has 0 spiro atoms. The average Bonchev–Trinajstić information content (AvgIpc) is 2.25. The Bertz CT molecular complexity index is 345. The topological polar surface area (TPSA) is 50.7 Å². The van der Waals surface area contributed by atoms with Crippen molar-refractivity contribution in [2.24, 2.45) is 0 Å². The van der Waals surface area contributed by atoms with Crippen LogP contribution in [0, 0.1) is 0 Å². The van der Waals surface area contributed by atoms with Gasteiger partial charge in [-0.2, -0.15) is 0 Å². The van der Waals surface area contributed by atoms with E-state index in [0.29, 0.717) is 12.3 Å². The lowest BCUT2D eigenvalue weighted by molar-refractivity contribution is 0.0945. The Labute approximate surface area is 96.2 Å². The number of anilines is 1. The Morgan fingerprint density at radius 2 is 1.94 bits per heavy atom. The summed E-state index contributed by atoms with van der Waals surface area (Å²) in [6.07, 6.45) is 0. The first-order valence-corrected chi connectivity index (χ1v) is 5.14. The normalized spacial score (nSPS) is 11.1. The van der Waals surface area contributed by atoms with Gasteiger partial charge in [-0.15, -0.1) is 0 Å². The summed E-state index contributed by atoms with van der Waals surface area (Å²) in [5, 5.41) is 12.7. The van der Waals surface area contributed by atoms with Crippen LogP contribution in [0.1, 0.15) is 13.8 Å². The summed E-state index contributed by atoms with van der Waals surface area (Å²) in [5.74, 6) is 1.44. The number of methoxy groups -OCH3 is 2. The molecule has 0 aliphatic rings. The molecule has 1 aromatic carbocycles. The van der Waals surface area contributed by atoms with E-state index >= 15 is 0 Å². The summed E-state index contributed by atoms with van der Waals surface area (Å²) in [6.45, 7) is 3.95. The van der Waals surface area contributed by atoms with Crippen molar-refractivity contribution in [2.45, 2.75) is 19.4 Å². The molecule has 4 heteroatoms. The zero-order valence-corrected chi connectivity index (χ0v) is 10.2. The molecule has 0 saturated carbocycles. The number of rotatable bonds is 5. The summed E-state index contributed by atoms with van der Waals surface area (Å²) in [7, 11) is 3.21. The minimum absolute atomic E-state index is 0.454. The number of hydrogen-bond donors (Lipinski definition) is 2. The van der Waals surface area contributed by atoms with Crippen molar-refractivity contribution in [3.05, 3.63) is 18.2 Å². The van der Waals surface area contributed by atoms with E-state index in [-0.39, 0.29) is 0 Å². The predicted molar refractivity (Wildman–Crippen MR) is 64.3 cm³/mol. The highest BCUT2D eigenvalue weighted by atomic mass is 16.5. The van der Waals surface area contributed by atoms with Crippen LogP contribution in [0.25, 0.3) is 0 Å². The van der Waals surface area contributed by atoms with Gasteiger partial charge in [-0.25, -0.2) is 0 Å². The standard InChI is InChI=1S/C12H19NO3/c1-12(2,14)8-13-10-6-5-9(15-3)7-11(10)16-4/h5-7,13-14H,8H2,1-4H3. The van der Waals surface area contributed by atoms with E-state index in [9.17, 15) is 5.11 Å². The average molecular weight is 225 g/mol. The highest BCUT2D eigenvalue weighted by Gasteiger charge is 2.13. The van der Waals surface area contributed by atoms with Crippen LogP contribution in [-0.4, -0.2) is 31.5 Å². The zero-order chi connectivity index (χ0) is 12.2. The fourth-order valence-electron chi connectivity index (χ4n) is 1.26. The summed E-state index contributed by atoms with van der Waals surface area (Å²) in [4.78, 5) is 0. The third-order valence-electron chi connectivity index (χ3n) is 2.12. The quantitative estimate of drug-likeness (QED) is 0.803. The maximum Gasteiger partial charge on any atom is 0.145 e. The van der Waals surface area contributed by atoms with Crippen molar-refractivity contribution in [1.82, 2.24) is 0 Å². The number of hydrogen-bond acceptors (Lipinski definition) is 4. The fourth-order valence-corrected chi connectivity index (χ4v) is 1.26. The summed E-state index contributed by atoms with van der Waals surface area (Å²) in [6, 6.07) is 5.51. The molecule has 0 fully saturated rings. The molecule has 0 unspecified atom stereocenters. The molecule has 0 saturated heterocycles. The van der Waals surface area contributed by atoms with Crippen LogP contribution in [0.3, 0.4) is 0 Å². The van der Waals surface area contributed by atoms with Gasteiger partial charge >= 0.3 is 0 Å². The lowest BCUT2D eigenvalue weighted by Crippen LogP contribution is -2.29. The monoisotopic (exact) mass is 225 g/mol. The van der Waals surface area contributed by atoms with Gasteiger partial charge in [0.25, 0.3) is 0 Å². The Morgan fingerprint density at radius 3 is 2.44 bits per heavy atom. The lowest BCUT2D eigenvalue weighted by atomic mass is 10.1. The summed E-state index contributed by atoms with van der Waals surface area (Å²) in [5.41, 5.74) is 0.0794. The van der Waals surface area contributed by atoms with E-state index in [0.717, 1.165) is 11.4 Å². The molecule has 1 aromatic rings. The highest BCUT2D eigenvalue weighted by Crippen LogP contribution is 2.29. The Balaban J connectivity index is 2.79. The molecule has 2 N–H and O–H groups in total. The first-order chi connectivity index (χ1) is 7.46. The molecule has 1 rings (SSSR count). The minimum Gasteiger partial charge on any atom is -0.497 e. The number of nitrogens with one attached hydrogen (secondary N) is 1. The van der Waals surface area contributed by atoms with E-state index in [1.165, 1.54) is 0 Å². The second-order valence-corrected chi connectivity index (χ2v) is 4.23. The van der Waals surface area contributed by atoms with Crippen molar-refractivity contribution >= 4 is 5.69 Å². The van der Waals surface area contributed by atoms with Crippen LogP contribution in [-0.2, 0) is 0 Å². The molecule has 16 heavy (non-hydrogen) atoms. The molecule has 90 valence electrons.